The van der Waals surface area contributed by atoms with Crippen molar-refractivity contribution in [3.63, 3.8) is 0 Å². The highest BCUT2D eigenvalue weighted by atomic mass is 32.2. The van der Waals surface area contributed by atoms with Crippen LogP contribution < -0.4 is 9.62 Å². The maximum Gasteiger partial charge on any atom is 0.250 e. The molecule has 7 nitrogen and oxygen atoms in total. The van der Waals surface area contributed by atoms with Gasteiger partial charge in [-0.3, -0.25) is 0 Å². The Morgan fingerprint density at radius 1 is 1.15 bits per heavy atom. The van der Waals surface area contributed by atoms with Crippen molar-refractivity contribution in [2.75, 3.05) is 24.5 Å². The molecule has 4 rings (SSSR count). The lowest BCUT2D eigenvalue weighted by molar-refractivity contribution is 0.174. The van der Waals surface area contributed by atoms with Gasteiger partial charge in [0.05, 0.1) is 6.10 Å². The van der Waals surface area contributed by atoms with E-state index in [2.05, 4.69) is 33.9 Å². The van der Waals surface area contributed by atoms with Crippen LogP contribution >= 0.6 is 0 Å². The third-order valence-corrected chi connectivity index (χ3v) is 7.44. The summed E-state index contributed by atoms with van der Waals surface area (Å²) >= 11 is 0. The van der Waals surface area contributed by atoms with Gasteiger partial charge in [-0.05, 0) is 66.8 Å². The van der Waals surface area contributed by atoms with E-state index in [4.69, 9.17) is 4.42 Å². The molecule has 1 atom stereocenters. The lowest BCUT2D eigenvalue weighted by Crippen LogP contribution is -2.32. The van der Waals surface area contributed by atoms with Crippen molar-refractivity contribution in [2.45, 2.75) is 38.7 Å². The lowest BCUT2D eigenvalue weighted by Gasteiger charge is -2.29. The first kappa shape index (κ1) is 24.0. The third-order valence-electron chi connectivity index (χ3n) is 6.11. The molecule has 1 saturated heterocycles. The van der Waals surface area contributed by atoms with Gasteiger partial charge in [-0.1, -0.05) is 25.1 Å². The molecule has 2 heterocycles. The van der Waals surface area contributed by atoms with Gasteiger partial charge in [0.2, 0.25) is 0 Å². The highest BCUT2D eigenvalue weighted by Crippen LogP contribution is 2.30. The first-order chi connectivity index (χ1) is 16.4. The van der Waals surface area contributed by atoms with Gasteiger partial charge < -0.3 is 14.4 Å². The van der Waals surface area contributed by atoms with Gasteiger partial charge in [0.1, 0.15) is 17.6 Å². The second kappa shape index (κ2) is 10.4. The smallest absolute Gasteiger partial charge is 0.250 e. The van der Waals surface area contributed by atoms with Crippen LogP contribution in [-0.4, -0.2) is 39.3 Å². The summed E-state index contributed by atoms with van der Waals surface area (Å²) in [5, 5.41) is 21.2. The van der Waals surface area contributed by atoms with Crippen molar-refractivity contribution in [1.29, 1.82) is 5.26 Å². The molecule has 0 aliphatic carbocycles. The van der Waals surface area contributed by atoms with E-state index in [1.165, 1.54) is 31.0 Å². The van der Waals surface area contributed by atoms with Crippen LogP contribution in [0.15, 0.2) is 57.9 Å². The van der Waals surface area contributed by atoms with Gasteiger partial charge in [0.15, 0.2) is 4.91 Å². The topological polar surface area (TPSA) is 107 Å². The van der Waals surface area contributed by atoms with Crippen LogP contribution in [-0.2, 0) is 10.0 Å². The fraction of sp³-hybridized carbons (Fsp3) is 0.346. The maximum atomic E-state index is 12.4. The van der Waals surface area contributed by atoms with E-state index in [1.54, 1.807) is 25.1 Å². The second-order valence-electron chi connectivity index (χ2n) is 8.53. The number of piperidine rings is 1. The molecular weight excluding hydrogens is 450 g/mol. The molecule has 8 heteroatoms. The number of rotatable bonds is 8. The molecule has 0 radical (unpaired) electrons. The van der Waals surface area contributed by atoms with Gasteiger partial charge in [0.25, 0.3) is 10.0 Å². The van der Waals surface area contributed by atoms with Gasteiger partial charge in [-0.15, -0.1) is 0 Å². The quantitative estimate of drug-likeness (QED) is 0.456. The average Bonchev–Trinajstić information content (AvgIpc) is 3.34. The Labute approximate surface area is 200 Å². The fourth-order valence-electron chi connectivity index (χ4n) is 4.05. The van der Waals surface area contributed by atoms with E-state index in [0.29, 0.717) is 12.2 Å². The van der Waals surface area contributed by atoms with Crippen LogP contribution in [0.5, 0.6) is 0 Å². The highest BCUT2D eigenvalue weighted by molar-refractivity contribution is 7.93. The molecule has 178 valence electrons. The molecule has 1 aromatic heterocycles. The first-order valence-electron chi connectivity index (χ1n) is 11.6. The number of nitrogens with one attached hydrogen (secondary N) is 1. The Kier molecular flexibility index (Phi) is 7.37. The molecule has 1 unspecified atom stereocenters. The minimum atomic E-state index is -4.05. The SMILES string of the molecule is CCC(O)CNS(=O)(=O)/C(C#N)=C/c1ccc(-c2ccc3cc(N4CCCCC4)ccc3c2)o1. The minimum absolute atomic E-state index is 0.155. The molecular formula is C26H29N3O4S. The summed E-state index contributed by atoms with van der Waals surface area (Å²) in [5.41, 5.74) is 2.11. The average molecular weight is 480 g/mol. The molecule has 0 spiro atoms. The van der Waals surface area contributed by atoms with E-state index in [-0.39, 0.29) is 12.3 Å². The Bertz CT molecular complexity index is 1330. The van der Waals surface area contributed by atoms with Crippen LogP contribution in [0.25, 0.3) is 28.2 Å². The summed E-state index contributed by atoms with van der Waals surface area (Å²) < 4.78 is 32.9. The molecule has 34 heavy (non-hydrogen) atoms. The number of benzene rings is 2. The summed E-state index contributed by atoms with van der Waals surface area (Å²) in [6.07, 6.45) is 4.55. The molecule has 0 saturated carbocycles. The molecule has 0 bridgehead atoms. The van der Waals surface area contributed by atoms with Gasteiger partial charge in [-0.2, -0.15) is 5.26 Å². The Balaban J connectivity index is 1.54. The van der Waals surface area contributed by atoms with E-state index in [1.807, 2.05) is 12.1 Å². The normalized spacial score (nSPS) is 15.9. The molecule has 3 aromatic rings. The van der Waals surface area contributed by atoms with E-state index in [0.717, 1.165) is 29.4 Å². The summed E-state index contributed by atoms with van der Waals surface area (Å²) in [4.78, 5) is 1.96. The number of nitriles is 1. The van der Waals surface area contributed by atoms with Gasteiger partial charge >= 0.3 is 0 Å². The number of aliphatic hydroxyl groups excluding tert-OH is 1. The van der Waals surface area contributed by atoms with Crippen LogP contribution in [0.3, 0.4) is 0 Å². The van der Waals surface area contributed by atoms with Crippen molar-refractivity contribution in [2.24, 2.45) is 0 Å². The predicted molar refractivity (Wildman–Crippen MR) is 135 cm³/mol. The van der Waals surface area contributed by atoms with Crippen LogP contribution in [0, 0.1) is 11.3 Å². The van der Waals surface area contributed by atoms with Crippen molar-refractivity contribution in [3.8, 4) is 17.4 Å². The molecule has 1 aliphatic rings. The Morgan fingerprint density at radius 2 is 1.88 bits per heavy atom. The highest BCUT2D eigenvalue weighted by Gasteiger charge is 2.19. The third kappa shape index (κ3) is 5.50. The zero-order chi connectivity index (χ0) is 24.1. The van der Waals surface area contributed by atoms with Crippen molar-refractivity contribution < 1.29 is 17.9 Å². The van der Waals surface area contributed by atoms with E-state index in [9.17, 15) is 18.8 Å². The van der Waals surface area contributed by atoms with Crippen molar-refractivity contribution in [3.05, 3.63) is 59.2 Å². The summed E-state index contributed by atoms with van der Waals surface area (Å²) in [5.74, 6) is 0.839. The largest absolute Gasteiger partial charge is 0.457 e. The number of anilines is 1. The molecule has 2 N–H and O–H groups in total. The summed E-state index contributed by atoms with van der Waals surface area (Å²) in [7, 11) is -4.05. The Hall–Kier alpha value is -3.12. The van der Waals surface area contributed by atoms with Crippen LogP contribution in [0.1, 0.15) is 38.4 Å². The van der Waals surface area contributed by atoms with Crippen molar-refractivity contribution >= 4 is 32.6 Å². The number of allylic oxidation sites excluding steroid dienone is 1. The molecule has 0 amide bonds. The minimum Gasteiger partial charge on any atom is -0.457 e. The zero-order valence-corrected chi connectivity index (χ0v) is 20.0. The number of nitrogens with zero attached hydrogens (tertiary/aromatic N) is 2. The van der Waals surface area contributed by atoms with Crippen LogP contribution in [0.4, 0.5) is 5.69 Å². The monoisotopic (exact) mass is 479 g/mol. The predicted octanol–water partition coefficient (Wildman–Crippen LogP) is 4.64. The number of hydrogen-bond donors (Lipinski definition) is 2. The molecule has 1 aliphatic heterocycles. The Morgan fingerprint density at radius 3 is 2.62 bits per heavy atom. The second-order valence-corrected chi connectivity index (χ2v) is 10.3. The summed E-state index contributed by atoms with van der Waals surface area (Å²) in [6.45, 7) is 3.78. The van der Waals surface area contributed by atoms with Gasteiger partial charge in [-0.25, -0.2) is 13.1 Å². The lowest BCUT2D eigenvalue weighted by atomic mass is 10.0. The van der Waals surface area contributed by atoms with Crippen LogP contribution in [0.2, 0.25) is 0 Å². The zero-order valence-electron chi connectivity index (χ0n) is 19.2. The number of hydrogen-bond acceptors (Lipinski definition) is 6. The van der Waals surface area contributed by atoms with E-state index < -0.39 is 21.0 Å². The fourth-order valence-corrected chi connectivity index (χ4v) is 5.01. The van der Waals surface area contributed by atoms with Gasteiger partial charge in [0, 0.05) is 37.0 Å². The number of sulfonamides is 1. The number of aliphatic hydroxyl groups is 1. The summed E-state index contributed by atoms with van der Waals surface area (Å²) in [6, 6.07) is 17.6. The first-order valence-corrected chi connectivity index (χ1v) is 13.1. The standard InChI is InChI=1S/C26H29N3O4S/c1-2-23(30)18-28-34(31,32)25(17-27)16-24-10-11-26(33-24)21-7-6-20-15-22(9-8-19(20)14-21)29-12-4-3-5-13-29/h6-11,14-16,23,28,30H,2-5,12-13,18H2,1H3/b25-16+. The maximum absolute atomic E-state index is 12.4. The van der Waals surface area contributed by atoms with Crippen molar-refractivity contribution in [1.82, 2.24) is 4.72 Å². The molecule has 2 aromatic carbocycles. The van der Waals surface area contributed by atoms with E-state index >= 15 is 0 Å². The molecule has 1 fully saturated rings. The number of furan rings is 1. The number of fused-ring (bicyclic) bond motifs is 1.